The van der Waals surface area contributed by atoms with Crippen molar-refractivity contribution < 1.29 is 9.66 Å². The Morgan fingerprint density at radius 2 is 2.16 bits per heavy atom. The number of anilines is 1. The first-order chi connectivity index (χ1) is 9.06. The topological polar surface area (TPSA) is 91.3 Å². The van der Waals surface area contributed by atoms with Gasteiger partial charge in [-0.25, -0.2) is 0 Å². The van der Waals surface area contributed by atoms with E-state index in [1.165, 1.54) is 18.2 Å². The van der Waals surface area contributed by atoms with Crippen molar-refractivity contribution in [2.75, 3.05) is 5.73 Å². The fourth-order valence-corrected chi connectivity index (χ4v) is 1.62. The molecule has 0 radical (unpaired) electrons. The number of non-ortho nitro benzene ring substituents is 1. The zero-order chi connectivity index (χ0) is 13.8. The largest absolute Gasteiger partial charge is 0.485 e. The van der Waals surface area contributed by atoms with Crippen molar-refractivity contribution in [3.63, 3.8) is 0 Å². The van der Waals surface area contributed by atoms with E-state index < -0.39 is 4.92 Å². The van der Waals surface area contributed by atoms with Crippen LogP contribution in [0.3, 0.4) is 0 Å². The number of nitrogen functional groups attached to an aromatic ring is 1. The molecule has 0 saturated heterocycles. The average molecular weight is 280 g/mol. The smallest absolute Gasteiger partial charge is 0.273 e. The molecule has 0 aliphatic rings. The normalized spacial score (nSPS) is 10.2. The fraction of sp³-hybridized carbons (Fsp3) is 0.0833. The second kappa shape index (κ2) is 5.53. The Bertz CT molecular complexity index is 619. The number of nitrogens with two attached hydrogens (primary N) is 1. The number of aromatic nitrogens is 1. The van der Waals surface area contributed by atoms with Crippen molar-refractivity contribution in [3.8, 4) is 5.75 Å². The fourth-order valence-electron chi connectivity index (χ4n) is 1.44. The first-order valence-corrected chi connectivity index (χ1v) is 5.71. The van der Waals surface area contributed by atoms with Crippen molar-refractivity contribution >= 4 is 23.0 Å². The van der Waals surface area contributed by atoms with Crippen molar-refractivity contribution in [1.29, 1.82) is 0 Å². The van der Waals surface area contributed by atoms with Gasteiger partial charge >= 0.3 is 0 Å². The summed E-state index contributed by atoms with van der Waals surface area (Å²) in [5.74, 6) is 0.236. The molecule has 0 amide bonds. The molecule has 0 bridgehead atoms. The summed E-state index contributed by atoms with van der Waals surface area (Å²) in [5.41, 5.74) is 6.71. The van der Waals surface area contributed by atoms with E-state index in [0.29, 0.717) is 16.4 Å². The molecule has 19 heavy (non-hydrogen) atoms. The summed E-state index contributed by atoms with van der Waals surface area (Å²) in [5, 5.41) is 11.0. The minimum atomic E-state index is -0.512. The van der Waals surface area contributed by atoms with E-state index in [4.69, 9.17) is 22.1 Å². The van der Waals surface area contributed by atoms with Gasteiger partial charge in [-0.05, 0) is 18.2 Å². The highest BCUT2D eigenvalue weighted by Gasteiger charge is 2.11. The molecule has 0 spiro atoms. The number of hydrogen-bond donors (Lipinski definition) is 1. The van der Waals surface area contributed by atoms with Crippen LogP contribution < -0.4 is 10.5 Å². The molecule has 2 rings (SSSR count). The zero-order valence-electron chi connectivity index (χ0n) is 9.75. The summed E-state index contributed by atoms with van der Waals surface area (Å²) in [6.45, 7) is 0.131. The van der Waals surface area contributed by atoms with E-state index in [1.807, 2.05) is 0 Å². The van der Waals surface area contributed by atoms with Gasteiger partial charge < -0.3 is 10.5 Å². The molecule has 0 aliphatic heterocycles. The monoisotopic (exact) mass is 279 g/mol. The summed E-state index contributed by atoms with van der Waals surface area (Å²) in [6.07, 6.45) is 1.56. The predicted molar refractivity (Wildman–Crippen MR) is 71.1 cm³/mol. The Hall–Kier alpha value is -2.34. The molecule has 1 heterocycles. The van der Waals surface area contributed by atoms with Crippen LogP contribution in [0.5, 0.6) is 5.75 Å². The van der Waals surface area contributed by atoms with Crippen LogP contribution in [0.2, 0.25) is 5.02 Å². The van der Waals surface area contributed by atoms with E-state index in [9.17, 15) is 10.1 Å². The maximum atomic E-state index is 10.7. The average Bonchev–Trinajstić information content (AvgIpc) is 2.37. The van der Waals surface area contributed by atoms with Crippen LogP contribution in [0, 0.1) is 10.1 Å². The molecule has 2 aromatic rings. The molecule has 0 atom stereocenters. The van der Waals surface area contributed by atoms with Crippen LogP contribution in [0.4, 0.5) is 11.4 Å². The molecule has 0 unspecified atom stereocenters. The van der Waals surface area contributed by atoms with Crippen molar-refractivity contribution in [2.45, 2.75) is 6.61 Å². The molecule has 0 saturated carbocycles. The van der Waals surface area contributed by atoms with E-state index in [1.54, 1.807) is 18.3 Å². The van der Waals surface area contributed by atoms with Crippen LogP contribution in [0.25, 0.3) is 0 Å². The van der Waals surface area contributed by atoms with Crippen molar-refractivity contribution in [3.05, 3.63) is 57.4 Å². The summed E-state index contributed by atoms with van der Waals surface area (Å²) >= 11 is 5.91. The van der Waals surface area contributed by atoms with Gasteiger partial charge in [-0.15, -0.1) is 0 Å². The molecule has 1 aromatic carbocycles. The molecule has 0 fully saturated rings. The van der Waals surface area contributed by atoms with E-state index in [0.717, 1.165) is 0 Å². The molecule has 6 nitrogen and oxygen atoms in total. The predicted octanol–water partition coefficient (Wildman–Crippen LogP) is 2.80. The first-order valence-electron chi connectivity index (χ1n) is 5.33. The molecular formula is C12H10ClN3O3. The van der Waals surface area contributed by atoms with Gasteiger partial charge in [0.1, 0.15) is 12.4 Å². The Balaban J connectivity index is 2.15. The highest BCUT2D eigenvalue weighted by molar-refractivity contribution is 6.32. The summed E-state index contributed by atoms with van der Waals surface area (Å²) in [6, 6.07) is 7.32. The first kappa shape index (κ1) is 13.1. The second-order valence-corrected chi connectivity index (χ2v) is 4.15. The van der Waals surface area contributed by atoms with Gasteiger partial charge in [0, 0.05) is 18.0 Å². The number of hydrogen-bond acceptors (Lipinski definition) is 5. The quantitative estimate of drug-likeness (QED) is 0.686. The van der Waals surface area contributed by atoms with Crippen molar-refractivity contribution in [2.24, 2.45) is 0 Å². The Labute approximate surface area is 113 Å². The number of rotatable bonds is 4. The number of halogens is 1. The lowest BCUT2D eigenvalue weighted by molar-refractivity contribution is -0.384. The molecule has 0 aliphatic carbocycles. The highest BCUT2D eigenvalue weighted by Crippen LogP contribution is 2.29. The summed E-state index contributed by atoms with van der Waals surface area (Å²) < 4.78 is 5.41. The lowest BCUT2D eigenvalue weighted by Gasteiger charge is -2.07. The summed E-state index contributed by atoms with van der Waals surface area (Å²) in [7, 11) is 0. The molecule has 2 N–H and O–H groups in total. The molecule has 1 aromatic heterocycles. The van der Waals surface area contributed by atoms with Crippen LogP contribution in [-0.4, -0.2) is 9.91 Å². The van der Waals surface area contributed by atoms with E-state index >= 15 is 0 Å². The Morgan fingerprint density at radius 3 is 2.84 bits per heavy atom. The van der Waals surface area contributed by atoms with Crippen LogP contribution in [0.1, 0.15) is 5.69 Å². The number of ether oxygens (including phenoxy) is 1. The standard InChI is InChI=1S/C12H10ClN3O3/c13-11-2-1-10(16(17)18)6-12(11)19-7-9-5-8(14)3-4-15-9/h1-6H,7H2,(H2,14,15). The van der Waals surface area contributed by atoms with Crippen LogP contribution in [0.15, 0.2) is 36.5 Å². The lowest BCUT2D eigenvalue weighted by atomic mass is 10.3. The van der Waals surface area contributed by atoms with E-state index in [-0.39, 0.29) is 18.0 Å². The van der Waals surface area contributed by atoms with Gasteiger partial charge in [-0.2, -0.15) is 0 Å². The third-order valence-corrected chi connectivity index (χ3v) is 2.65. The molecular weight excluding hydrogens is 270 g/mol. The lowest BCUT2D eigenvalue weighted by Crippen LogP contribution is -2.00. The molecule has 98 valence electrons. The molecule has 7 heteroatoms. The van der Waals surface area contributed by atoms with Crippen molar-refractivity contribution in [1.82, 2.24) is 4.98 Å². The Kier molecular flexibility index (Phi) is 3.82. The third kappa shape index (κ3) is 3.32. The second-order valence-electron chi connectivity index (χ2n) is 3.74. The van der Waals surface area contributed by atoms with E-state index in [2.05, 4.69) is 4.98 Å². The minimum absolute atomic E-state index is 0.0834. The maximum absolute atomic E-state index is 10.7. The van der Waals surface area contributed by atoms with Gasteiger partial charge in [-0.1, -0.05) is 11.6 Å². The van der Waals surface area contributed by atoms with Crippen LogP contribution >= 0.6 is 11.6 Å². The number of nitrogens with zero attached hydrogens (tertiary/aromatic N) is 2. The van der Waals surface area contributed by atoms with Gasteiger partial charge in [0.2, 0.25) is 0 Å². The highest BCUT2D eigenvalue weighted by atomic mass is 35.5. The van der Waals surface area contributed by atoms with Gasteiger partial charge in [-0.3, -0.25) is 15.1 Å². The number of nitro groups is 1. The number of pyridine rings is 1. The van der Waals surface area contributed by atoms with Gasteiger partial charge in [0.15, 0.2) is 0 Å². The number of benzene rings is 1. The summed E-state index contributed by atoms with van der Waals surface area (Å²) in [4.78, 5) is 14.2. The maximum Gasteiger partial charge on any atom is 0.273 e. The van der Waals surface area contributed by atoms with Gasteiger partial charge in [0.05, 0.1) is 21.7 Å². The minimum Gasteiger partial charge on any atom is -0.485 e. The third-order valence-electron chi connectivity index (χ3n) is 2.34. The Morgan fingerprint density at radius 1 is 1.37 bits per heavy atom. The van der Waals surface area contributed by atoms with Gasteiger partial charge in [0.25, 0.3) is 5.69 Å². The van der Waals surface area contributed by atoms with Crippen LogP contribution in [-0.2, 0) is 6.61 Å². The zero-order valence-corrected chi connectivity index (χ0v) is 10.5. The number of nitro benzene ring substituents is 1. The SMILES string of the molecule is Nc1ccnc(COc2cc([N+](=O)[O-])ccc2Cl)c1.